The lowest BCUT2D eigenvalue weighted by Crippen LogP contribution is -2.15. The lowest BCUT2D eigenvalue weighted by molar-refractivity contribution is 0.731. The Balaban J connectivity index is 2.94. The van der Waals surface area contributed by atoms with Gasteiger partial charge in [-0.2, -0.15) is 5.10 Å². The van der Waals surface area contributed by atoms with E-state index in [1.807, 2.05) is 11.7 Å². The Morgan fingerprint density at radius 3 is 2.50 bits per heavy atom. The van der Waals surface area contributed by atoms with Gasteiger partial charge in [0.1, 0.15) is 0 Å². The molecule has 3 heteroatoms. The molecule has 0 amide bonds. The van der Waals surface area contributed by atoms with Crippen LogP contribution < -0.4 is 5.32 Å². The van der Waals surface area contributed by atoms with Gasteiger partial charge in [0.25, 0.3) is 0 Å². The molecule has 1 N–H and O–H groups in total. The SMILES string of the molecule is CCNCC(=Cc1c(C)nn(C)c1C)CC. The van der Waals surface area contributed by atoms with Crippen molar-refractivity contribution < 1.29 is 0 Å². The average molecular weight is 221 g/mol. The first-order valence-corrected chi connectivity index (χ1v) is 6.00. The number of nitrogens with one attached hydrogen (secondary N) is 1. The summed E-state index contributed by atoms with van der Waals surface area (Å²) in [5.74, 6) is 0. The van der Waals surface area contributed by atoms with Gasteiger partial charge in [0.15, 0.2) is 0 Å². The summed E-state index contributed by atoms with van der Waals surface area (Å²) >= 11 is 0. The Bertz CT molecular complexity index is 375. The van der Waals surface area contributed by atoms with E-state index in [1.54, 1.807) is 0 Å². The van der Waals surface area contributed by atoms with Gasteiger partial charge in [-0.05, 0) is 26.8 Å². The molecule has 0 aliphatic heterocycles. The van der Waals surface area contributed by atoms with Crippen molar-refractivity contribution in [1.29, 1.82) is 0 Å². The van der Waals surface area contributed by atoms with Crippen LogP contribution in [0.5, 0.6) is 0 Å². The molecule has 0 bridgehead atoms. The highest BCUT2D eigenvalue weighted by atomic mass is 15.3. The van der Waals surface area contributed by atoms with Crippen LogP contribution in [0.15, 0.2) is 5.57 Å². The molecule has 0 aliphatic rings. The van der Waals surface area contributed by atoms with Crippen LogP contribution in [0.4, 0.5) is 0 Å². The van der Waals surface area contributed by atoms with Crippen molar-refractivity contribution >= 4 is 6.08 Å². The summed E-state index contributed by atoms with van der Waals surface area (Å²) in [4.78, 5) is 0. The number of nitrogens with zero attached hydrogens (tertiary/aromatic N) is 2. The number of rotatable bonds is 5. The molecule has 0 saturated carbocycles. The Morgan fingerprint density at radius 2 is 2.06 bits per heavy atom. The molecule has 0 radical (unpaired) electrons. The van der Waals surface area contributed by atoms with E-state index < -0.39 is 0 Å². The van der Waals surface area contributed by atoms with Crippen LogP contribution in [0.3, 0.4) is 0 Å². The monoisotopic (exact) mass is 221 g/mol. The molecule has 16 heavy (non-hydrogen) atoms. The quantitative estimate of drug-likeness (QED) is 0.827. The molecule has 0 aliphatic carbocycles. The minimum Gasteiger partial charge on any atom is -0.313 e. The summed E-state index contributed by atoms with van der Waals surface area (Å²) in [7, 11) is 2.00. The van der Waals surface area contributed by atoms with Crippen LogP contribution in [-0.4, -0.2) is 22.9 Å². The topological polar surface area (TPSA) is 29.9 Å². The van der Waals surface area contributed by atoms with Crippen LogP contribution in [0, 0.1) is 13.8 Å². The van der Waals surface area contributed by atoms with Gasteiger partial charge in [0, 0.05) is 24.8 Å². The maximum Gasteiger partial charge on any atom is 0.0668 e. The first-order chi connectivity index (χ1) is 7.60. The molecule has 1 aromatic rings. The van der Waals surface area contributed by atoms with Crippen molar-refractivity contribution in [2.45, 2.75) is 34.1 Å². The second-order valence-electron chi connectivity index (χ2n) is 4.14. The van der Waals surface area contributed by atoms with Gasteiger partial charge in [-0.1, -0.05) is 25.5 Å². The minimum absolute atomic E-state index is 0.973. The predicted octanol–water partition coefficient (Wildman–Crippen LogP) is 2.44. The summed E-state index contributed by atoms with van der Waals surface area (Å²) in [6.45, 7) is 10.5. The largest absolute Gasteiger partial charge is 0.313 e. The van der Waals surface area contributed by atoms with Gasteiger partial charge in [-0.15, -0.1) is 0 Å². The average Bonchev–Trinajstić information content (AvgIpc) is 2.50. The molecule has 0 spiro atoms. The number of hydrogen-bond donors (Lipinski definition) is 1. The molecule has 0 atom stereocenters. The maximum absolute atomic E-state index is 4.43. The summed E-state index contributed by atoms with van der Waals surface area (Å²) < 4.78 is 1.95. The van der Waals surface area contributed by atoms with E-state index in [0.29, 0.717) is 0 Å². The Kier molecular flexibility index (Phi) is 4.74. The van der Waals surface area contributed by atoms with Gasteiger partial charge in [-0.3, -0.25) is 4.68 Å². The molecule has 1 heterocycles. The smallest absolute Gasteiger partial charge is 0.0668 e. The Labute approximate surface area is 98.5 Å². The minimum atomic E-state index is 0.973. The van der Waals surface area contributed by atoms with Gasteiger partial charge < -0.3 is 5.32 Å². The number of likely N-dealkylation sites (N-methyl/N-ethyl adjacent to an activating group) is 1. The molecule has 0 unspecified atom stereocenters. The number of aromatic nitrogens is 2. The van der Waals surface area contributed by atoms with Crippen molar-refractivity contribution in [3.8, 4) is 0 Å². The third-order valence-corrected chi connectivity index (χ3v) is 2.97. The first kappa shape index (κ1) is 13.0. The van der Waals surface area contributed by atoms with Crippen molar-refractivity contribution in [2.24, 2.45) is 7.05 Å². The van der Waals surface area contributed by atoms with E-state index in [1.165, 1.54) is 16.8 Å². The van der Waals surface area contributed by atoms with E-state index in [0.717, 1.165) is 25.2 Å². The molecular weight excluding hydrogens is 198 g/mol. The van der Waals surface area contributed by atoms with Crippen molar-refractivity contribution in [2.75, 3.05) is 13.1 Å². The number of hydrogen-bond acceptors (Lipinski definition) is 2. The fourth-order valence-corrected chi connectivity index (χ4v) is 1.77. The Hall–Kier alpha value is -1.09. The van der Waals surface area contributed by atoms with E-state index in [2.05, 4.69) is 44.2 Å². The fourth-order valence-electron chi connectivity index (χ4n) is 1.77. The normalized spacial score (nSPS) is 12.2. The van der Waals surface area contributed by atoms with Gasteiger partial charge in [-0.25, -0.2) is 0 Å². The van der Waals surface area contributed by atoms with Crippen molar-refractivity contribution in [3.63, 3.8) is 0 Å². The lowest BCUT2D eigenvalue weighted by atomic mass is 10.1. The standard InChI is InChI=1S/C13H23N3/c1-6-12(9-14-7-2)8-13-10(3)15-16(5)11(13)4/h8,14H,6-7,9H2,1-5H3. The zero-order valence-electron chi connectivity index (χ0n) is 11.1. The molecule has 1 aromatic heterocycles. The van der Waals surface area contributed by atoms with E-state index in [9.17, 15) is 0 Å². The molecular formula is C13H23N3. The number of aryl methyl sites for hydroxylation is 2. The third kappa shape index (κ3) is 2.95. The van der Waals surface area contributed by atoms with Crippen LogP contribution in [0.25, 0.3) is 6.08 Å². The second-order valence-corrected chi connectivity index (χ2v) is 4.14. The van der Waals surface area contributed by atoms with Crippen molar-refractivity contribution in [1.82, 2.24) is 15.1 Å². The fraction of sp³-hybridized carbons (Fsp3) is 0.615. The summed E-state index contributed by atoms with van der Waals surface area (Å²) in [5, 5.41) is 7.80. The van der Waals surface area contributed by atoms with E-state index >= 15 is 0 Å². The summed E-state index contributed by atoms with van der Waals surface area (Å²) in [6.07, 6.45) is 3.36. The van der Waals surface area contributed by atoms with Gasteiger partial charge >= 0.3 is 0 Å². The lowest BCUT2D eigenvalue weighted by Gasteiger charge is -2.05. The summed E-state index contributed by atoms with van der Waals surface area (Å²) in [6, 6.07) is 0. The molecule has 0 saturated heterocycles. The van der Waals surface area contributed by atoms with Crippen molar-refractivity contribution in [3.05, 3.63) is 22.5 Å². The highest BCUT2D eigenvalue weighted by molar-refractivity contribution is 5.57. The van der Waals surface area contributed by atoms with Crippen LogP contribution >= 0.6 is 0 Å². The molecule has 1 rings (SSSR count). The van der Waals surface area contributed by atoms with Gasteiger partial charge in [0.2, 0.25) is 0 Å². The zero-order valence-corrected chi connectivity index (χ0v) is 11.1. The Morgan fingerprint density at radius 1 is 1.38 bits per heavy atom. The van der Waals surface area contributed by atoms with Crippen LogP contribution in [-0.2, 0) is 7.05 Å². The van der Waals surface area contributed by atoms with E-state index in [4.69, 9.17) is 0 Å². The van der Waals surface area contributed by atoms with E-state index in [-0.39, 0.29) is 0 Å². The second kappa shape index (κ2) is 5.85. The summed E-state index contributed by atoms with van der Waals surface area (Å²) in [5.41, 5.74) is 5.06. The molecule has 0 fully saturated rings. The molecule has 90 valence electrons. The van der Waals surface area contributed by atoms with Crippen LogP contribution in [0.2, 0.25) is 0 Å². The zero-order chi connectivity index (χ0) is 12.1. The van der Waals surface area contributed by atoms with Gasteiger partial charge in [0.05, 0.1) is 5.69 Å². The molecule has 0 aromatic carbocycles. The first-order valence-electron chi connectivity index (χ1n) is 6.00. The predicted molar refractivity (Wildman–Crippen MR) is 69.5 cm³/mol. The third-order valence-electron chi connectivity index (χ3n) is 2.97. The maximum atomic E-state index is 4.43. The highest BCUT2D eigenvalue weighted by Gasteiger charge is 2.07. The molecule has 3 nitrogen and oxygen atoms in total. The van der Waals surface area contributed by atoms with Crippen LogP contribution in [0.1, 0.15) is 37.2 Å². The highest BCUT2D eigenvalue weighted by Crippen LogP contribution is 2.17.